The maximum atomic E-state index is 13.1. The standard InChI is InChI=1S/C10H11FO3.C8H7FO2/c1-14-9-4-2-7(6-8(9)11)3-5-10(12)13;1-11-8-3-2-6(5-10)4-7(8)9/h2,4,6H,3,5H2,1H3,(H,12,13);2-5H,1H3. The Kier molecular flexibility index (Phi) is 8.05. The van der Waals surface area contributed by atoms with Gasteiger partial charge in [-0.05, 0) is 42.3 Å². The van der Waals surface area contributed by atoms with Crippen LogP contribution >= 0.6 is 0 Å². The summed E-state index contributed by atoms with van der Waals surface area (Å²) in [7, 11) is 2.76. The van der Waals surface area contributed by atoms with Gasteiger partial charge in [0.2, 0.25) is 0 Å². The first-order valence-corrected chi connectivity index (χ1v) is 7.24. The number of benzene rings is 2. The highest BCUT2D eigenvalue weighted by Crippen LogP contribution is 2.18. The van der Waals surface area contributed by atoms with Gasteiger partial charge in [0.15, 0.2) is 23.1 Å². The van der Waals surface area contributed by atoms with E-state index in [2.05, 4.69) is 4.74 Å². The second-order valence-electron chi connectivity index (χ2n) is 4.87. The molecule has 0 aliphatic rings. The van der Waals surface area contributed by atoms with Gasteiger partial charge >= 0.3 is 5.97 Å². The summed E-state index contributed by atoms with van der Waals surface area (Å²) in [5, 5.41) is 8.43. The number of rotatable bonds is 6. The van der Waals surface area contributed by atoms with Crippen molar-refractivity contribution in [3.8, 4) is 11.5 Å². The summed E-state index contributed by atoms with van der Waals surface area (Å²) in [6.45, 7) is 0. The summed E-state index contributed by atoms with van der Waals surface area (Å²) in [6, 6.07) is 8.49. The van der Waals surface area contributed by atoms with Crippen LogP contribution in [0.4, 0.5) is 8.78 Å². The van der Waals surface area contributed by atoms with Gasteiger partial charge in [0.05, 0.1) is 14.2 Å². The van der Waals surface area contributed by atoms with Gasteiger partial charge in [-0.3, -0.25) is 9.59 Å². The third kappa shape index (κ3) is 6.58. The van der Waals surface area contributed by atoms with Gasteiger partial charge in [0.1, 0.15) is 6.29 Å². The number of methoxy groups -OCH3 is 2. The van der Waals surface area contributed by atoms with Crippen molar-refractivity contribution in [2.75, 3.05) is 14.2 Å². The average Bonchev–Trinajstić information content (AvgIpc) is 2.60. The predicted octanol–water partition coefficient (Wildman–Crippen LogP) is 3.50. The molecule has 2 aromatic carbocycles. The smallest absolute Gasteiger partial charge is 0.303 e. The first kappa shape index (κ1) is 20.1. The third-order valence-corrected chi connectivity index (χ3v) is 3.16. The number of carbonyl (C=O) groups excluding carboxylic acids is 1. The van der Waals surface area contributed by atoms with Crippen LogP contribution in [0.1, 0.15) is 22.3 Å². The van der Waals surface area contributed by atoms with Crippen LogP contribution in [0.2, 0.25) is 0 Å². The van der Waals surface area contributed by atoms with E-state index in [1.807, 2.05) is 0 Å². The van der Waals surface area contributed by atoms with Gasteiger partial charge in [-0.25, -0.2) is 8.78 Å². The molecule has 2 aromatic rings. The number of carbonyl (C=O) groups is 2. The zero-order chi connectivity index (χ0) is 18.8. The Hall–Kier alpha value is -2.96. The van der Waals surface area contributed by atoms with E-state index in [0.717, 1.165) is 6.07 Å². The van der Waals surface area contributed by atoms with Crippen molar-refractivity contribution >= 4 is 12.3 Å². The number of hydrogen-bond donors (Lipinski definition) is 1. The summed E-state index contributed by atoms with van der Waals surface area (Å²) < 4.78 is 35.2. The highest BCUT2D eigenvalue weighted by atomic mass is 19.1. The minimum absolute atomic E-state index is 0.00572. The Morgan fingerprint density at radius 3 is 2.04 bits per heavy atom. The van der Waals surface area contributed by atoms with Crippen molar-refractivity contribution in [1.29, 1.82) is 0 Å². The van der Waals surface area contributed by atoms with Crippen molar-refractivity contribution in [1.82, 2.24) is 0 Å². The van der Waals surface area contributed by atoms with Crippen LogP contribution in [0.15, 0.2) is 36.4 Å². The van der Waals surface area contributed by atoms with E-state index in [0.29, 0.717) is 23.8 Å². The zero-order valence-corrected chi connectivity index (χ0v) is 13.8. The molecular formula is C18H18F2O5. The largest absolute Gasteiger partial charge is 0.494 e. The molecule has 1 N–H and O–H groups in total. The molecule has 0 aromatic heterocycles. The molecule has 0 saturated carbocycles. The lowest BCUT2D eigenvalue weighted by molar-refractivity contribution is -0.136. The van der Waals surface area contributed by atoms with Crippen LogP contribution < -0.4 is 9.47 Å². The minimum atomic E-state index is -0.888. The molecule has 0 saturated heterocycles. The molecule has 7 heteroatoms. The summed E-state index contributed by atoms with van der Waals surface area (Å²) in [5.74, 6) is -1.55. The van der Waals surface area contributed by atoms with Gasteiger partial charge in [-0.1, -0.05) is 6.07 Å². The molecule has 134 valence electrons. The Bertz CT molecular complexity index is 731. The molecule has 0 bridgehead atoms. The maximum absolute atomic E-state index is 13.1. The van der Waals surface area contributed by atoms with Gasteiger partial charge in [0.25, 0.3) is 0 Å². The molecule has 0 atom stereocenters. The monoisotopic (exact) mass is 352 g/mol. The highest BCUT2D eigenvalue weighted by molar-refractivity contribution is 5.74. The fourth-order valence-electron chi connectivity index (χ4n) is 1.87. The van der Waals surface area contributed by atoms with Crippen molar-refractivity contribution in [2.24, 2.45) is 0 Å². The lowest BCUT2D eigenvalue weighted by Gasteiger charge is -2.03. The molecule has 5 nitrogen and oxygen atoms in total. The van der Waals surface area contributed by atoms with E-state index < -0.39 is 17.6 Å². The number of halogens is 2. The molecule has 0 fully saturated rings. The Morgan fingerprint density at radius 2 is 1.60 bits per heavy atom. The number of aliphatic carboxylic acids is 1. The SMILES string of the molecule is COc1ccc(C=O)cc1F.COc1ccc(CCC(=O)O)cc1F. The fourth-order valence-corrected chi connectivity index (χ4v) is 1.87. The van der Waals surface area contributed by atoms with E-state index in [-0.39, 0.29) is 17.9 Å². The summed E-state index contributed by atoms with van der Waals surface area (Å²) >= 11 is 0. The molecule has 0 aliphatic carbocycles. The van der Waals surface area contributed by atoms with Gasteiger partial charge in [0, 0.05) is 12.0 Å². The first-order chi connectivity index (χ1) is 11.9. The number of carboxylic acid groups (broad SMARTS) is 1. The maximum Gasteiger partial charge on any atom is 0.303 e. The molecule has 0 unspecified atom stereocenters. The van der Waals surface area contributed by atoms with E-state index in [1.54, 1.807) is 6.07 Å². The van der Waals surface area contributed by atoms with Crippen LogP contribution in [0.3, 0.4) is 0 Å². The normalized spacial score (nSPS) is 9.60. The summed E-state index contributed by atoms with van der Waals surface area (Å²) in [4.78, 5) is 20.4. The Morgan fingerprint density at radius 1 is 1.04 bits per heavy atom. The Balaban J connectivity index is 0.000000257. The van der Waals surface area contributed by atoms with Crippen molar-refractivity contribution < 1.29 is 33.0 Å². The molecule has 0 aliphatic heterocycles. The van der Waals surface area contributed by atoms with E-state index >= 15 is 0 Å². The van der Waals surface area contributed by atoms with Crippen molar-refractivity contribution in [3.63, 3.8) is 0 Å². The van der Waals surface area contributed by atoms with E-state index in [1.165, 1.54) is 38.5 Å². The lowest BCUT2D eigenvalue weighted by atomic mass is 10.1. The quantitative estimate of drug-likeness (QED) is 0.806. The van der Waals surface area contributed by atoms with Gasteiger partial charge in [-0.15, -0.1) is 0 Å². The minimum Gasteiger partial charge on any atom is -0.494 e. The first-order valence-electron chi connectivity index (χ1n) is 7.24. The van der Waals surface area contributed by atoms with Crippen LogP contribution in [-0.4, -0.2) is 31.6 Å². The molecule has 25 heavy (non-hydrogen) atoms. The Labute approximate surface area is 143 Å². The second kappa shape index (κ2) is 10.0. The number of aldehydes is 1. The summed E-state index contributed by atoms with van der Waals surface area (Å²) in [5.41, 5.74) is 0.967. The van der Waals surface area contributed by atoms with Gasteiger partial charge in [-0.2, -0.15) is 0 Å². The topological polar surface area (TPSA) is 72.8 Å². The molecule has 0 amide bonds. The number of aryl methyl sites for hydroxylation is 1. The molecular weight excluding hydrogens is 334 g/mol. The second-order valence-corrected chi connectivity index (χ2v) is 4.87. The number of carboxylic acids is 1. The van der Waals surface area contributed by atoms with Crippen molar-refractivity contribution in [2.45, 2.75) is 12.8 Å². The number of hydrogen-bond acceptors (Lipinski definition) is 4. The summed E-state index contributed by atoms with van der Waals surface area (Å²) in [6.07, 6.45) is 0.921. The average molecular weight is 352 g/mol. The lowest BCUT2D eigenvalue weighted by Crippen LogP contribution is -1.98. The zero-order valence-electron chi connectivity index (χ0n) is 13.8. The molecule has 0 heterocycles. The van der Waals surface area contributed by atoms with E-state index in [4.69, 9.17) is 9.84 Å². The van der Waals surface area contributed by atoms with Crippen LogP contribution in [0, 0.1) is 11.6 Å². The fraction of sp³-hybridized carbons (Fsp3) is 0.222. The highest BCUT2D eigenvalue weighted by Gasteiger charge is 2.05. The molecule has 0 radical (unpaired) electrons. The van der Waals surface area contributed by atoms with Crippen LogP contribution in [0.25, 0.3) is 0 Å². The van der Waals surface area contributed by atoms with Crippen molar-refractivity contribution in [3.05, 3.63) is 59.2 Å². The molecule has 2 rings (SSSR count). The third-order valence-electron chi connectivity index (χ3n) is 3.16. The van der Waals surface area contributed by atoms with Crippen LogP contribution in [-0.2, 0) is 11.2 Å². The van der Waals surface area contributed by atoms with E-state index in [9.17, 15) is 18.4 Å². The predicted molar refractivity (Wildman–Crippen MR) is 87.2 cm³/mol. The van der Waals surface area contributed by atoms with Crippen LogP contribution in [0.5, 0.6) is 11.5 Å². The number of ether oxygens (including phenoxy) is 2. The molecule has 0 spiro atoms. The van der Waals surface area contributed by atoms with Gasteiger partial charge < -0.3 is 14.6 Å².